The second kappa shape index (κ2) is 16.2. The van der Waals surface area contributed by atoms with Crippen molar-refractivity contribution in [3.8, 4) is 22.3 Å². The van der Waals surface area contributed by atoms with E-state index in [0.717, 1.165) is 0 Å². The van der Waals surface area contributed by atoms with Crippen molar-refractivity contribution in [3.05, 3.63) is 145 Å². The van der Waals surface area contributed by atoms with Crippen LogP contribution in [0.25, 0.3) is 43.8 Å². The predicted molar refractivity (Wildman–Crippen MR) is 200 cm³/mol. The molecule has 0 heterocycles. The van der Waals surface area contributed by atoms with Gasteiger partial charge in [0.2, 0.25) is 0 Å². The molecular formula is C43H50SiZr-4. The molecule has 0 aromatic heterocycles. The summed E-state index contributed by atoms with van der Waals surface area (Å²) in [5.74, 6) is 0.579. The standard InChI is InChI=1S/C21H23.C20H21.2CH3.Si.Zr/c1-14-12-19-15(2)6-11-18(20(19)13-14)16-7-9-17(10-8-16)21(3,4)5;1-13(2)18-11-16-6-5-7-19(20(16)12-18)17-9-8-14(3)15(4)10-17;;;;/h6-13H,1-5H3;5-13H,1-4H3;2*1H3;;/q4*-1;;. The Morgan fingerprint density at radius 1 is 0.622 bits per heavy atom. The fourth-order valence-corrected chi connectivity index (χ4v) is 5.74. The van der Waals surface area contributed by atoms with Crippen LogP contribution in [0.1, 0.15) is 73.9 Å². The molecule has 0 spiro atoms. The summed E-state index contributed by atoms with van der Waals surface area (Å²) in [4.78, 5) is 0. The summed E-state index contributed by atoms with van der Waals surface area (Å²) in [6.07, 6.45) is 0. The van der Waals surface area contributed by atoms with E-state index in [1.54, 1.807) is 0 Å². The number of hydrogen-bond donors (Lipinski definition) is 0. The van der Waals surface area contributed by atoms with Crippen LogP contribution in [0.4, 0.5) is 0 Å². The monoisotopic (exact) mass is 684 g/mol. The second-order valence-electron chi connectivity index (χ2n) is 13.2. The molecule has 2 heteroatoms. The van der Waals surface area contributed by atoms with E-state index in [2.05, 4.69) is 166 Å². The first-order chi connectivity index (χ1) is 20.4. The van der Waals surface area contributed by atoms with Gasteiger partial charge < -0.3 is 14.9 Å². The Hall–Kier alpha value is -2.80. The van der Waals surface area contributed by atoms with Crippen molar-refractivity contribution in [3.63, 3.8) is 0 Å². The summed E-state index contributed by atoms with van der Waals surface area (Å²) in [5.41, 5.74) is 13.7. The number of fused-ring (bicyclic) bond motifs is 2. The van der Waals surface area contributed by atoms with Gasteiger partial charge in [-0.1, -0.05) is 114 Å². The van der Waals surface area contributed by atoms with E-state index in [1.165, 1.54) is 101 Å². The van der Waals surface area contributed by atoms with Crippen LogP contribution in [-0.4, -0.2) is 6.88 Å². The Kier molecular flexibility index (Phi) is 13.8. The fourth-order valence-electron chi connectivity index (χ4n) is 5.74. The topological polar surface area (TPSA) is 0 Å². The summed E-state index contributed by atoms with van der Waals surface area (Å²) in [5, 5.41) is 5.48. The van der Waals surface area contributed by atoms with Crippen molar-refractivity contribution < 1.29 is 23.3 Å². The molecule has 0 unspecified atom stereocenters. The first kappa shape index (κ1) is 38.4. The molecule has 0 saturated carbocycles. The number of benzene rings is 4. The van der Waals surface area contributed by atoms with Crippen molar-refractivity contribution in [2.24, 2.45) is 0 Å². The molecule has 6 aromatic rings. The maximum atomic E-state index is 3.06. The van der Waals surface area contributed by atoms with E-state index in [9.17, 15) is 0 Å². The van der Waals surface area contributed by atoms with Gasteiger partial charge in [-0.15, -0.1) is 68.6 Å². The van der Waals surface area contributed by atoms with Crippen LogP contribution >= 0.6 is 0 Å². The third-order valence-corrected chi connectivity index (χ3v) is 8.57. The van der Waals surface area contributed by atoms with E-state index < -0.39 is 0 Å². The van der Waals surface area contributed by atoms with Crippen molar-refractivity contribution >= 4 is 28.4 Å². The van der Waals surface area contributed by atoms with E-state index in [-0.39, 0.29) is 20.3 Å². The van der Waals surface area contributed by atoms with Gasteiger partial charge in [0.1, 0.15) is 0 Å². The first-order valence-electron chi connectivity index (χ1n) is 15.2. The average Bonchev–Trinajstić information content (AvgIpc) is 3.60. The second-order valence-corrected chi connectivity index (χ2v) is 13.2. The molecule has 0 nitrogen and oxygen atoms in total. The molecule has 0 N–H and O–H groups in total. The van der Waals surface area contributed by atoms with Gasteiger partial charge in [0.05, 0.1) is 0 Å². The Balaban J connectivity index is 0.000000285. The van der Waals surface area contributed by atoms with E-state index in [1.807, 2.05) is 0 Å². The molecule has 0 amide bonds. The van der Waals surface area contributed by atoms with Crippen molar-refractivity contribution in [2.45, 2.75) is 73.6 Å². The molecule has 2 radical (unpaired) electrons. The zero-order chi connectivity index (χ0) is 31.5. The summed E-state index contributed by atoms with van der Waals surface area (Å²) in [6, 6.07) is 36.1. The number of hydrogen-bond acceptors (Lipinski definition) is 0. The maximum absolute atomic E-state index is 3.06. The van der Waals surface area contributed by atoms with Gasteiger partial charge in [0, 0.05) is 0 Å². The normalized spacial score (nSPS) is 10.8. The van der Waals surface area contributed by atoms with Crippen LogP contribution in [0.15, 0.2) is 97.1 Å². The van der Waals surface area contributed by atoms with Crippen LogP contribution in [0.3, 0.4) is 0 Å². The van der Waals surface area contributed by atoms with Gasteiger partial charge in [-0.3, -0.25) is 0 Å². The molecule has 0 bridgehead atoms. The van der Waals surface area contributed by atoms with Gasteiger partial charge in [0.25, 0.3) is 0 Å². The van der Waals surface area contributed by atoms with Gasteiger partial charge in [0.15, 0.2) is 0 Å². The minimum atomic E-state index is 0. The van der Waals surface area contributed by atoms with Crippen LogP contribution in [-0.2, 0) is 28.8 Å². The van der Waals surface area contributed by atoms with Gasteiger partial charge >= 0.3 is 30.2 Å². The van der Waals surface area contributed by atoms with Gasteiger partial charge in [-0.25, -0.2) is 0 Å². The van der Waals surface area contributed by atoms with Crippen LogP contribution in [0.5, 0.6) is 0 Å². The van der Waals surface area contributed by atoms with Crippen LogP contribution in [0.2, 0.25) is 0 Å². The Morgan fingerprint density at radius 3 is 1.82 bits per heavy atom. The first-order valence-corrected chi connectivity index (χ1v) is 19.4. The number of rotatable bonds is 3. The van der Waals surface area contributed by atoms with Gasteiger partial charge in [-0.05, 0) is 53.0 Å². The number of aryl methyl sites for hydroxylation is 4. The minimum absolute atomic E-state index is 0. The molecule has 0 aliphatic carbocycles. The third kappa shape index (κ3) is 8.72. The van der Waals surface area contributed by atoms with Gasteiger partial charge in [-0.2, -0.15) is 12.1 Å². The Morgan fingerprint density at radius 2 is 1.22 bits per heavy atom. The molecule has 0 saturated heterocycles. The summed E-state index contributed by atoms with van der Waals surface area (Å²) >= 11 is 1.36. The SMILES string of the molecule is Cc1cc2c(-c3ccc(C(C)(C)C)cc3)ccc(C)c2[cH-]1.Cc1ccc(-c2cccc3[cH-]c(C(C)C)cc23)cc1C.[CH3-].[CH3-].[Si]=[Zr]. The molecule has 0 aliphatic heterocycles. The summed E-state index contributed by atoms with van der Waals surface area (Å²) in [7, 11) is 0. The molecule has 234 valence electrons. The Labute approximate surface area is 291 Å². The molecule has 6 aromatic carbocycles. The Bertz CT molecular complexity index is 1840. The van der Waals surface area contributed by atoms with Crippen molar-refractivity contribution in [2.75, 3.05) is 0 Å². The molecule has 0 aliphatic rings. The average molecular weight is 686 g/mol. The fraction of sp³-hybridized carbons (Fsp3) is 0.256. The van der Waals surface area contributed by atoms with E-state index in [4.69, 9.17) is 0 Å². The quantitative estimate of drug-likeness (QED) is 0.128. The third-order valence-electron chi connectivity index (χ3n) is 8.57. The van der Waals surface area contributed by atoms with Crippen LogP contribution < -0.4 is 0 Å². The van der Waals surface area contributed by atoms with Crippen molar-refractivity contribution in [1.82, 2.24) is 0 Å². The zero-order valence-electron chi connectivity index (χ0n) is 29.3. The molecule has 0 atom stereocenters. The predicted octanol–water partition coefficient (Wildman–Crippen LogP) is 12.6. The molecule has 0 fully saturated rings. The van der Waals surface area contributed by atoms with E-state index in [0.29, 0.717) is 5.92 Å². The summed E-state index contributed by atoms with van der Waals surface area (Å²) in [6.45, 7) is 23.1. The molecule has 6 rings (SSSR count). The molecule has 45 heavy (non-hydrogen) atoms. The molecular weight excluding hydrogens is 636 g/mol. The van der Waals surface area contributed by atoms with E-state index >= 15 is 0 Å². The zero-order valence-corrected chi connectivity index (χ0v) is 32.8. The van der Waals surface area contributed by atoms with Crippen molar-refractivity contribution in [1.29, 1.82) is 0 Å². The summed E-state index contributed by atoms with van der Waals surface area (Å²) < 4.78 is 0. The van der Waals surface area contributed by atoms with Crippen LogP contribution in [0, 0.1) is 42.5 Å².